The monoisotopic (exact) mass is 172 g/mol. The molecule has 5 heteroatoms. The fraction of sp³-hybridized carbons (Fsp3) is 0.714. The second-order valence-corrected chi connectivity index (χ2v) is 2.55. The summed E-state index contributed by atoms with van der Waals surface area (Å²) in [5, 5.41) is 7.61. The van der Waals surface area contributed by atoms with Crippen LogP contribution in [-0.4, -0.2) is 28.2 Å². The highest BCUT2D eigenvalue weighted by molar-refractivity contribution is 4.92. The van der Waals surface area contributed by atoms with Crippen LogP contribution in [-0.2, 0) is 13.0 Å². The molecule has 0 spiro atoms. The van der Waals surface area contributed by atoms with Crippen LogP contribution in [0.15, 0.2) is 6.20 Å². The van der Waals surface area contributed by atoms with Crippen LogP contribution in [0.5, 0.6) is 0 Å². The second kappa shape index (κ2) is 4.82. The maximum absolute atomic E-state index is 11.8. The Labute approximate surface area is 70.6 Å². The molecular formula is C7H13FN4. The Morgan fingerprint density at radius 1 is 1.58 bits per heavy atom. The lowest BCUT2D eigenvalue weighted by atomic mass is 10.2. The van der Waals surface area contributed by atoms with Crippen LogP contribution in [0, 0.1) is 0 Å². The third kappa shape index (κ3) is 2.58. The summed E-state index contributed by atoms with van der Waals surface area (Å²) < 4.78 is 13.3. The molecule has 0 bridgehead atoms. The van der Waals surface area contributed by atoms with E-state index in [1.54, 1.807) is 6.20 Å². The van der Waals surface area contributed by atoms with Gasteiger partial charge in [-0.05, 0) is 19.4 Å². The number of hydrogen-bond donors (Lipinski definition) is 1. The van der Waals surface area contributed by atoms with E-state index >= 15 is 0 Å². The van der Waals surface area contributed by atoms with Crippen LogP contribution in [0.3, 0.4) is 0 Å². The lowest BCUT2D eigenvalue weighted by molar-refractivity contribution is 0.422. The number of aromatic nitrogens is 3. The average Bonchev–Trinajstić information content (AvgIpc) is 2.50. The van der Waals surface area contributed by atoms with E-state index < -0.39 is 6.67 Å². The fourth-order valence-electron chi connectivity index (χ4n) is 0.932. The maximum Gasteiger partial charge on any atom is 0.109 e. The van der Waals surface area contributed by atoms with Crippen molar-refractivity contribution in [2.45, 2.75) is 19.4 Å². The zero-order valence-corrected chi connectivity index (χ0v) is 6.91. The van der Waals surface area contributed by atoms with E-state index in [0.717, 1.165) is 18.5 Å². The third-order valence-electron chi connectivity index (χ3n) is 1.54. The molecule has 1 aromatic heterocycles. The van der Waals surface area contributed by atoms with Gasteiger partial charge in [0.1, 0.15) is 6.67 Å². The molecule has 0 saturated carbocycles. The summed E-state index contributed by atoms with van der Waals surface area (Å²) in [7, 11) is 0. The predicted octanol–water partition coefficient (Wildman–Crippen LogP) is 0.139. The Morgan fingerprint density at radius 3 is 3.08 bits per heavy atom. The van der Waals surface area contributed by atoms with Crippen molar-refractivity contribution >= 4 is 0 Å². The van der Waals surface area contributed by atoms with E-state index in [4.69, 9.17) is 5.73 Å². The quantitative estimate of drug-likeness (QED) is 0.687. The van der Waals surface area contributed by atoms with Crippen molar-refractivity contribution in [3.05, 3.63) is 11.9 Å². The van der Waals surface area contributed by atoms with Gasteiger partial charge in [-0.3, -0.25) is 0 Å². The Hall–Kier alpha value is -0.970. The summed E-state index contributed by atoms with van der Waals surface area (Å²) in [4.78, 5) is 0. The molecule has 0 radical (unpaired) electrons. The summed E-state index contributed by atoms with van der Waals surface area (Å²) in [6.07, 6.45) is 3.48. The van der Waals surface area contributed by atoms with E-state index in [1.807, 2.05) is 0 Å². The van der Waals surface area contributed by atoms with Crippen LogP contribution in [0.25, 0.3) is 0 Å². The molecule has 1 aromatic rings. The zero-order valence-electron chi connectivity index (χ0n) is 6.91. The highest BCUT2D eigenvalue weighted by Crippen LogP contribution is 1.96. The molecular weight excluding hydrogens is 159 g/mol. The first-order valence-corrected chi connectivity index (χ1v) is 4.02. The standard InChI is InChI=1S/C7H13FN4/c8-3-5-12-6-7(10-11-12)2-1-4-9/h6H,1-5,9H2. The van der Waals surface area contributed by atoms with Crippen molar-refractivity contribution in [2.75, 3.05) is 13.2 Å². The van der Waals surface area contributed by atoms with Gasteiger partial charge in [-0.25, -0.2) is 9.07 Å². The van der Waals surface area contributed by atoms with Crippen molar-refractivity contribution in [1.29, 1.82) is 0 Å². The van der Waals surface area contributed by atoms with E-state index in [2.05, 4.69) is 10.3 Å². The largest absolute Gasteiger partial charge is 0.330 e. The molecule has 1 rings (SSSR count). The van der Waals surface area contributed by atoms with Gasteiger partial charge in [0.2, 0.25) is 0 Å². The van der Waals surface area contributed by atoms with E-state index in [1.165, 1.54) is 4.68 Å². The number of nitrogens with zero attached hydrogens (tertiary/aromatic N) is 3. The number of nitrogens with two attached hydrogens (primary N) is 1. The van der Waals surface area contributed by atoms with E-state index in [9.17, 15) is 4.39 Å². The highest BCUT2D eigenvalue weighted by Gasteiger charge is 1.98. The molecule has 0 amide bonds. The molecule has 0 fully saturated rings. The number of aryl methyl sites for hydroxylation is 2. The lowest BCUT2D eigenvalue weighted by Crippen LogP contribution is -2.00. The summed E-state index contributed by atoms with van der Waals surface area (Å²) in [5.74, 6) is 0. The molecule has 68 valence electrons. The van der Waals surface area contributed by atoms with Gasteiger partial charge in [-0.1, -0.05) is 5.21 Å². The van der Waals surface area contributed by atoms with Crippen LogP contribution < -0.4 is 5.73 Å². The minimum atomic E-state index is -0.403. The number of hydrogen-bond acceptors (Lipinski definition) is 3. The summed E-state index contributed by atoms with van der Waals surface area (Å²) in [5.41, 5.74) is 6.21. The van der Waals surface area contributed by atoms with Crippen LogP contribution in [0.4, 0.5) is 4.39 Å². The van der Waals surface area contributed by atoms with Crippen LogP contribution >= 0.6 is 0 Å². The van der Waals surface area contributed by atoms with Crippen molar-refractivity contribution in [1.82, 2.24) is 15.0 Å². The number of halogens is 1. The molecule has 1 heterocycles. The molecule has 0 aliphatic carbocycles. The number of rotatable bonds is 5. The molecule has 2 N–H and O–H groups in total. The normalized spacial score (nSPS) is 10.5. The van der Waals surface area contributed by atoms with E-state index in [0.29, 0.717) is 6.54 Å². The Balaban J connectivity index is 2.41. The topological polar surface area (TPSA) is 56.7 Å². The van der Waals surface area contributed by atoms with Crippen molar-refractivity contribution in [3.63, 3.8) is 0 Å². The average molecular weight is 172 g/mol. The Kier molecular flexibility index (Phi) is 3.66. The molecule has 0 saturated heterocycles. The SMILES string of the molecule is NCCCc1cn(CCF)nn1. The minimum Gasteiger partial charge on any atom is -0.330 e. The third-order valence-corrected chi connectivity index (χ3v) is 1.54. The van der Waals surface area contributed by atoms with Crippen LogP contribution in [0.1, 0.15) is 12.1 Å². The molecule has 4 nitrogen and oxygen atoms in total. The first kappa shape index (κ1) is 9.12. The predicted molar refractivity (Wildman–Crippen MR) is 43.4 cm³/mol. The molecule has 0 unspecified atom stereocenters. The van der Waals surface area contributed by atoms with Gasteiger partial charge in [-0.2, -0.15) is 0 Å². The summed E-state index contributed by atoms with van der Waals surface area (Å²) in [6, 6.07) is 0. The van der Waals surface area contributed by atoms with Gasteiger partial charge >= 0.3 is 0 Å². The van der Waals surface area contributed by atoms with Gasteiger partial charge in [0, 0.05) is 6.20 Å². The van der Waals surface area contributed by atoms with Crippen molar-refractivity contribution in [2.24, 2.45) is 5.73 Å². The number of alkyl halides is 1. The van der Waals surface area contributed by atoms with Crippen molar-refractivity contribution in [3.8, 4) is 0 Å². The van der Waals surface area contributed by atoms with Crippen molar-refractivity contribution < 1.29 is 4.39 Å². The second-order valence-electron chi connectivity index (χ2n) is 2.55. The first-order chi connectivity index (χ1) is 5.86. The fourth-order valence-corrected chi connectivity index (χ4v) is 0.932. The highest BCUT2D eigenvalue weighted by atomic mass is 19.1. The molecule has 0 aromatic carbocycles. The molecule has 12 heavy (non-hydrogen) atoms. The zero-order chi connectivity index (χ0) is 8.81. The van der Waals surface area contributed by atoms with Gasteiger partial charge in [-0.15, -0.1) is 5.10 Å². The summed E-state index contributed by atoms with van der Waals surface area (Å²) >= 11 is 0. The first-order valence-electron chi connectivity index (χ1n) is 4.02. The summed E-state index contributed by atoms with van der Waals surface area (Å²) in [6.45, 7) is 0.533. The van der Waals surface area contributed by atoms with Gasteiger partial charge < -0.3 is 5.73 Å². The van der Waals surface area contributed by atoms with Gasteiger partial charge in [0.15, 0.2) is 0 Å². The lowest BCUT2D eigenvalue weighted by Gasteiger charge is -1.91. The molecule has 0 aliphatic heterocycles. The van der Waals surface area contributed by atoms with Crippen LogP contribution in [0.2, 0.25) is 0 Å². The Morgan fingerprint density at radius 2 is 2.42 bits per heavy atom. The molecule has 0 atom stereocenters. The van der Waals surface area contributed by atoms with Gasteiger partial charge in [0.05, 0.1) is 12.2 Å². The van der Waals surface area contributed by atoms with E-state index in [-0.39, 0.29) is 6.54 Å². The smallest absolute Gasteiger partial charge is 0.109 e. The minimum absolute atomic E-state index is 0.287. The Bertz CT molecular complexity index is 223. The maximum atomic E-state index is 11.8. The molecule has 0 aliphatic rings. The van der Waals surface area contributed by atoms with Gasteiger partial charge in [0.25, 0.3) is 0 Å².